The van der Waals surface area contributed by atoms with E-state index in [4.69, 9.17) is 9.47 Å². The van der Waals surface area contributed by atoms with Gasteiger partial charge in [0.2, 0.25) is 0 Å². The highest BCUT2D eigenvalue weighted by atomic mass is 32.2. The number of methoxy groups -OCH3 is 1. The number of thiazole rings is 1. The number of carbonyl (C=O) groups excluding carboxylic acids is 1. The number of ether oxygens (including phenoxy) is 2. The van der Waals surface area contributed by atoms with Crippen molar-refractivity contribution in [2.24, 2.45) is 0 Å². The highest BCUT2D eigenvalue weighted by Crippen LogP contribution is 2.32. The minimum Gasteiger partial charge on any atom is -0.497 e. The van der Waals surface area contributed by atoms with E-state index in [1.165, 1.54) is 16.2 Å². The Balaban J connectivity index is 1.33. The van der Waals surface area contributed by atoms with Gasteiger partial charge in [-0.1, -0.05) is 18.3 Å². The molecule has 5 nitrogen and oxygen atoms in total. The first kappa shape index (κ1) is 20.0. The molecule has 2 aromatic carbocycles. The quantitative estimate of drug-likeness (QED) is 0.511. The smallest absolute Gasteiger partial charge is 0.274 e. The number of hydrogen-bond acceptors (Lipinski definition) is 6. The van der Waals surface area contributed by atoms with Crippen LogP contribution in [0.15, 0.2) is 47.4 Å². The maximum atomic E-state index is 12.8. The largest absolute Gasteiger partial charge is 0.497 e. The predicted molar refractivity (Wildman–Crippen MR) is 119 cm³/mol. The van der Waals surface area contributed by atoms with Gasteiger partial charge in [-0.05, 0) is 48.2 Å². The topological polar surface area (TPSA) is 51.7 Å². The van der Waals surface area contributed by atoms with Crippen LogP contribution < -0.4 is 9.47 Å². The second-order valence-corrected chi connectivity index (χ2v) is 9.21. The first-order valence-electron chi connectivity index (χ1n) is 9.79. The highest BCUT2D eigenvalue weighted by Gasteiger charge is 2.25. The van der Waals surface area contributed by atoms with E-state index < -0.39 is 0 Å². The molecule has 0 spiro atoms. The number of amides is 1. The lowest BCUT2D eigenvalue weighted by atomic mass is 10.1. The summed E-state index contributed by atoms with van der Waals surface area (Å²) in [5.74, 6) is 1.95. The molecule has 0 saturated carbocycles. The third kappa shape index (κ3) is 4.67. The van der Waals surface area contributed by atoms with Crippen molar-refractivity contribution in [3.63, 3.8) is 0 Å². The van der Waals surface area contributed by atoms with Crippen LogP contribution in [0.3, 0.4) is 0 Å². The molecule has 0 atom stereocenters. The van der Waals surface area contributed by atoms with E-state index in [0.717, 1.165) is 40.1 Å². The number of hydrogen-bond donors (Lipinski definition) is 0. The number of nitrogens with zero attached hydrogens (tertiary/aromatic N) is 2. The van der Waals surface area contributed by atoms with E-state index in [2.05, 4.69) is 11.9 Å². The molecule has 0 radical (unpaired) electrons. The summed E-state index contributed by atoms with van der Waals surface area (Å²) in [6.07, 6.45) is 1.72. The zero-order valence-corrected chi connectivity index (χ0v) is 18.2. The molecule has 1 aliphatic rings. The summed E-state index contributed by atoms with van der Waals surface area (Å²) < 4.78 is 12.4. The molecule has 0 aliphatic carbocycles. The molecule has 3 aromatic rings. The maximum absolute atomic E-state index is 12.8. The summed E-state index contributed by atoms with van der Waals surface area (Å²) in [6.45, 7) is 3.53. The third-order valence-electron chi connectivity index (χ3n) is 4.98. The Bertz CT molecular complexity index is 979. The van der Waals surface area contributed by atoms with Crippen molar-refractivity contribution in [1.82, 2.24) is 9.88 Å². The maximum Gasteiger partial charge on any atom is 0.274 e. The monoisotopic (exact) mass is 428 g/mol. The Morgan fingerprint density at radius 1 is 1.21 bits per heavy atom. The van der Waals surface area contributed by atoms with E-state index in [0.29, 0.717) is 18.3 Å². The zero-order valence-electron chi connectivity index (χ0n) is 16.6. The lowest BCUT2D eigenvalue weighted by Gasteiger charge is -2.31. The van der Waals surface area contributed by atoms with Gasteiger partial charge in [0.05, 0.1) is 17.3 Å². The van der Waals surface area contributed by atoms with Crippen LogP contribution in [0.25, 0.3) is 10.2 Å². The summed E-state index contributed by atoms with van der Waals surface area (Å²) >= 11 is 3.32. The van der Waals surface area contributed by atoms with E-state index in [-0.39, 0.29) is 12.0 Å². The number of benzene rings is 2. The lowest BCUT2D eigenvalue weighted by Crippen LogP contribution is -2.41. The summed E-state index contributed by atoms with van der Waals surface area (Å²) in [5, 5.41) is 0.682. The van der Waals surface area contributed by atoms with Gasteiger partial charge in [0.15, 0.2) is 0 Å². The van der Waals surface area contributed by atoms with Crippen LogP contribution in [0.4, 0.5) is 0 Å². The first-order chi connectivity index (χ1) is 14.2. The Kier molecular flexibility index (Phi) is 6.25. The first-order valence-corrected chi connectivity index (χ1v) is 11.6. The van der Waals surface area contributed by atoms with Gasteiger partial charge in [0.25, 0.3) is 11.1 Å². The molecular weight excluding hydrogens is 404 g/mol. The number of rotatable bonds is 6. The summed E-state index contributed by atoms with van der Waals surface area (Å²) in [4.78, 5) is 20.5. The van der Waals surface area contributed by atoms with Crippen molar-refractivity contribution in [3.05, 3.63) is 48.0 Å². The fraction of sp³-hybridized carbons (Fsp3) is 0.364. The SMILES string of the molecule is CCSc1ccc(C(=O)N2CCC(Oc3nc4ccc(OC)cc4s3)CC2)cc1. The van der Waals surface area contributed by atoms with Gasteiger partial charge in [-0.2, -0.15) is 0 Å². The van der Waals surface area contributed by atoms with Crippen LogP contribution in [0.5, 0.6) is 10.9 Å². The Morgan fingerprint density at radius 3 is 2.66 bits per heavy atom. The standard InChI is InChI=1S/C22H24N2O3S2/c1-3-28-18-7-4-15(5-8-18)21(25)24-12-10-16(11-13-24)27-22-23-19-9-6-17(26-2)14-20(19)29-22/h4-9,14,16H,3,10-13H2,1-2H3. The van der Waals surface area contributed by atoms with Crippen molar-refractivity contribution in [3.8, 4) is 10.9 Å². The number of fused-ring (bicyclic) bond motifs is 1. The van der Waals surface area contributed by atoms with Gasteiger partial charge in [0, 0.05) is 36.4 Å². The zero-order chi connectivity index (χ0) is 20.2. The number of thioether (sulfide) groups is 1. The van der Waals surface area contributed by atoms with E-state index >= 15 is 0 Å². The van der Waals surface area contributed by atoms with Crippen LogP contribution in [0, 0.1) is 0 Å². The predicted octanol–water partition coefficient (Wildman–Crippen LogP) is 5.10. The van der Waals surface area contributed by atoms with Crippen molar-refractivity contribution < 1.29 is 14.3 Å². The molecule has 1 aliphatic heterocycles. The van der Waals surface area contributed by atoms with Gasteiger partial charge < -0.3 is 14.4 Å². The molecule has 0 unspecified atom stereocenters. The fourth-order valence-corrected chi connectivity index (χ4v) is 4.99. The molecular formula is C22H24N2O3S2. The molecule has 1 saturated heterocycles. The average Bonchev–Trinajstić information content (AvgIpc) is 3.16. The Labute approximate surface area is 179 Å². The molecule has 7 heteroatoms. The van der Waals surface area contributed by atoms with Crippen molar-refractivity contribution in [2.45, 2.75) is 30.8 Å². The molecule has 1 fully saturated rings. The minimum atomic E-state index is 0.0878. The summed E-state index contributed by atoms with van der Waals surface area (Å²) in [5.41, 5.74) is 1.67. The average molecular weight is 429 g/mol. The van der Waals surface area contributed by atoms with Crippen molar-refractivity contribution in [1.29, 1.82) is 0 Å². The Morgan fingerprint density at radius 2 is 1.97 bits per heavy atom. The molecule has 0 bridgehead atoms. The number of aromatic nitrogens is 1. The van der Waals surface area contributed by atoms with Gasteiger partial charge >= 0.3 is 0 Å². The van der Waals surface area contributed by atoms with Gasteiger partial charge in [0.1, 0.15) is 11.9 Å². The summed E-state index contributed by atoms with van der Waals surface area (Å²) in [6, 6.07) is 13.7. The molecule has 2 heterocycles. The second-order valence-electron chi connectivity index (χ2n) is 6.88. The highest BCUT2D eigenvalue weighted by molar-refractivity contribution is 7.99. The van der Waals surface area contributed by atoms with Gasteiger partial charge in [-0.3, -0.25) is 4.79 Å². The van der Waals surface area contributed by atoms with E-state index in [1.807, 2.05) is 47.4 Å². The lowest BCUT2D eigenvalue weighted by molar-refractivity contribution is 0.0595. The van der Waals surface area contributed by atoms with Crippen LogP contribution >= 0.6 is 23.1 Å². The molecule has 4 rings (SSSR count). The van der Waals surface area contributed by atoms with Crippen LogP contribution in [-0.4, -0.2) is 47.8 Å². The van der Waals surface area contributed by atoms with Crippen molar-refractivity contribution >= 4 is 39.2 Å². The van der Waals surface area contributed by atoms with Gasteiger partial charge in [-0.15, -0.1) is 11.8 Å². The van der Waals surface area contributed by atoms with E-state index in [1.54, 1.807) is 18.9 Å². The third-order valence-corrected chi connectivity index (χ3v) is 6.79. The van der Waals surface area contributed by atoms with Crippen LogP contribution in [-0.2, 0) is 0 Å². The molecule has 1 aromatic heterocycles. The fourth-order valence-electron chi connectivity index (χ4n) is 3.42. The number of piperidine rings is 1. The molecule has 152 valence electrons. The summed E-state index contributed by atoms with van der Waals surface area (Å²) in [7, 11) is 1.66. The number of likely N-dealkylation sites (tertiary alicyclic amines) is 1. The van der Waals surface area contributed by atoms with Crippen LogP contribution in [0.1, 0.15) is 30.1 Å². The van der Waals surface area contributed by atoms with Crippen molar-refractivity contribution in [2.75, 3.05) is 26.0 Å². The minimum absolute atomic E-state index is 0.0878. The van der Waals surface area contributed by atoms with E-state index in [9.17, 15) is 4.79 Å². The normalized spacial score (nSPS) is 14.9. The molecule has 29 heavy (non-hydrogen) atoms. The second kappa shape index (κ2) is 9.05. The number of carbonyl (C=O) groups is 1. The molecule has 0 N–H and O–H groups in total. The Hall–Kier alpha value is -2.25. The van der Waals surface area contributed by atoms with Crippen LogP contribution in [0.2, 0.25) is 0 Å². The van der Waals surface area contributed by atoms with Gasteiger partial charge in [-0.25, -0.2) is 4.98 Å². The molecule has 1 amide bonds.